The Morgan fingerprint density at radius 3 is 2.62 bits per heavy atom. The molecule has 0 radical (unpaired) electrons. The standard InChI is InChI=1S/C12H17BrFNO/c13-11-9-10(14)5-6-12(11)16-8-4-2-1-3-7-15/h5-6,9H,1-4,7-8,15H2. The first-order valence-electron chi connectivity index (χ1n) is 5.52. The molecule has 1 aromatic rings. The summed E-state index contributed by atoms with van der Waals surface area (Å²) in [5.41, 5.74) is 5.40. The number of unbranched alkanes of at least 4 members (excludes halogenated alkanes) is 3. The van der Waals surface area contributed by atoms with Crippen LogP contribution >= 0.6 is 15.9 Å². The Morgan fingerprint density at radius 2 is 1.94 bits per heavy atom. The highest BCUT2D eigenvalue weighted by atomic mass is 79.9. The average molecular weight is 290 g/mol. The summed E-state index contributed by atoms with van der Waals surface area (Å²) in [5.74, 6) is 0.433. The molecule has 1 aromatic carbocycles. The van der Waals surface area contributed by atoms with E-state index in [1.165, 1.54) is 12.1 Å². The minimum absolute atomic E-state index is 0.262. The topological polar surface area (TPSA) is 35.2 Å². The molecule has 0 fully saturated rings. The van der Waals surface area contributed by atoms with Gasteiger partial charge in [-0.2, -0.15) is 0 Å². The summed E-state index contributed by atoms with van der Waals surface area (Å²) in [7, 11) is 0. The molecule has 2 nitrogen and oxygen atoms in total. The molecule has 90 valence electrons. The lowest BCUT2D eigenvalue weighted by Gasteiger charge is -2.07. The van der Waals surface area contributed by atoms with Gasteiger partial charge in [0.2, 0.25) is 0 Å². The van der Waals surface area contributed by atoms with Gasteiger partial charge in [-0.3, -0.25) is 0 Å². The predicted octanol–water partition coefficient (Wildman–Crippen LogP) is 3.49. The number of ether oxygens (including phenoxy) is 1. The molecule has 0 heterocycles. The lowest BCUT2D eigenvalue weighted by atomic mass is 10.2. The summed E-state index contributed by atoms with van der Waals surface area (Å²) in [6, 6.07) is 4.44. The van der Waals surface area contributed by atoms with Gasteiger partial charge in [-0.1, -0.05) is 12.8 Å². The first-order valence-corrected chi connectivity index (χ1v) is 6.31. The van der Waals surface area contributed by atoms with E-state index in [9.17, 15) is 4.39 Å². The van der Waals surface area contributed by atoms with Crippen molar-refractivity contribution < 1.29 is 9.13 Å². The molecule has 4 heteroatoms. The number of rotatable bonds is 7. The van der Waals surface area contributed by atoms with Gasteiger partial charge >= 0.3 is 0 Å². The summed E-state index contributed by atoms with van der Waals surface area (Å²) < 4.78 is 19.0. The molecular weight excluding hydrogens is 273 g/mol. The number of hydrogen-bond acceptors (Lipinski definition) is 2. The molecule has 0 spiro atoms. The van der Waals surface area contributed by atoms with Crippen LogP contribution in [0.3, 0.4) is 0 Å². The van der Waals surface area contributed by atoms with Gasteiger partial charge in [-0.15, -0.1) is 0 Å². The quantitative estimate of drug-likeness (QED) is 0.780. The minimum atomic E-state index is -0.262. The smallest absolute Gasteiger partial charge is 0.133 e. The summed E-state index contributed by atoms with van der Waals surface area (Å²) in [4.78, 5) is 0. The van der Waals surface area contributed by atoms with E-state index in [2.05, 4.69) is 15.9 Å². The van der Waals surface area contributed by atoms with Gasteiger partial charge < -0.3 is 10.5 Å². The number of benzene rings is 1. The SMILES string of the molecule is NCCCCCCOc1ccc(F)cc1Br. The Morgan fingerprint density at radius 1 is 1.19 bits per heavy atom. The van der Waals surface area contributed by atoms with E-state index < -0.39 is 0 Å². The predicted molar refractivity (Wildman–Crippen MR) is 67.1 cm³/mol. The lowest BCUT2D eigenvalue weighted by Crippen LogP contribution is -2.00. The zero-order valence-corrected chi connectivity index (χ0v) is 10.8. The lowest BCUT2D eigenvalue weighted by molar-refractivity contribution is 0.302. The molecule has 2 N–H and O–H groups in total. The maximum absolute atomic E-state index is 12.8. The molecule has 0 atom stereocenters. The van der Waals surface area contributed by atoms with Crippen LogP contribution in [0.5, 0.6) is 5.75 Å². The largest absolute Gasteiger partial charge is 0.492 e. The molecule has 0 aliphatic carbocycles. The maximum atomic E-state index is 12.8. The summed E-state index contributed by atoms with van der Waals surface area (Å²) in [6.07, 6.45) is 4.34. The Balaban J connectivity index is 2.21. The molecule has 0 saturated heterocycles. The van der Waals surface area contributed by atoms with Crippen molar-refractivity contribution in [2.45, 2.75) is 25.7 Å². The summed E-state index contributed by atoms with van der Waals surface area (Å²) in [6.45, 7) is 1.42. The molecular formula is C12H17BrFNO. The Hall–Kier alpha value is -0.610. The fraction of sp³-hybridized carbons (Fsp3) is 0.500. The van der Waals surface area contributed by atoms with Gasteiger partial charge in [0.15, 0.2) is 0 Å². The maximum Gasteiger partial charge on any atom is 0.133 e. The van der Waals surface area contributed by atoms with Gasteiger partial charge in [0, 0.05) is 0 Å². The van der Waals surface area contributed by atoms with Crippen LogP contribution < -0.4 is 10.5 Å². The monoisotopic (exact) mass is 289 g/mol. The average Bonchev–Trinajstić information content (AvgIpc) is 2.26. The molecule has 0 amide bonds. The molecule has 0 bridgehead atoms. The summed E-state index contributed by atoms with van der Waals surface area (Å²) in [5, 5.41) is 0. The third kappa shape index (κ3) is 4.94. The van der Waals surface area contributed by atoms with Gasteiger partial charge in [0.25, 0.3) is 0 Å². The van der Waals surface area contributed by atoms with E-state index in [1.807, 2.05) is 0 Å². The molecule has 0 saturated carbocycles. The van der Waals surface area contributed by atoms with Crippen molar-refractivity contribution in [1.82, 2.24) is 0 Å². The van der Waals surface area contributed by atoms with E-state index in [1.54, 1.807) is 6.07 Å². The Labute approximate surface area is 104 Å². The van der Waals surface area contributed by atoms with Crippen LogP contribution in [0.4, 0.5) is 4.39 Å². The van der Waals surface area contributed by atoms with E-state index >= 15 is 0 Å². The van der Waals surface area contributed by atoms with Crippen LogP contribution in [0.1, 0.15) is 25.7 Å². The van der Waals surface area contributed by atoms with Gasteiger partial charge in [0.05, 0.1) is 11.1 Å². The van der Waals surface area contributed by atoms with Crippen molar-refractivity contribution in [2.24, 2.45) is 5.73 Å². The van der Waals surface area contributed by atoms with Crippen LogP contribution in [0.15, 0.2) is 22.7 Å². The van der Waals surface area contributed by atoms with E-state index in [0.717, 1.165) is 32.2 Å². The van der Waals surface area contributed by atoms with E-state index in [-0.39, 0.29) is 5.82 Å². The van der Waals surface area contributed by atoms with Crippen molar-refractivity contribution in [2.75, 3.05) is 13.2 Å². The third-order valence-corrected chi connectivity index (χ3v) is 2.87. The first kappa shape index (κ1) is 13.5. The van der Waals surface area contributed by atoms with Gasteiger partial charge in [-0.25, -0.2) is 4.39 Å². The zero-order chi connectivity index (χ0) is 11.8. The molecule has 16 heavy (non-hydrogen) atoms. The zero-order valence-electron chi connectivity index (χ0n) is 9.22. The van der Waals surface area contributed by atoms with Crippen molar-refractivity contribution in [3.8, 4) is 5.75 Å². The first-order chi connectivity index (χ1) is 7.74. The molecule has 1 rings (SSSR count). The van der Waals surface area contributed by atoms with Gasteiger partial charge in [-0.05, 0) is 53.5 Å². The second-order valence-corrected chi connectivity index (χ2v) is 4.48. The van der Waals surface area contributed by atoms with Crippen molar-refractivity contribution in [3.63, 3.8) is 0 Å². The second-order valence-electron chi connectivity index (χ2n) is 3.63. The van der Waals surface area contributed by atoms with Crippen LogP contribution in [-0.4, -0.2) is 13.2 Å². The highest BCUT2D eigenvalue weighted by Gasteiger charge is 2.01. The molecule has 0 unspecified atom stereocenters. The fourth-order valence-corrected chi connectivity index (χ4v) is 1.84. The van der Waals surface area contributed by atoms with Gasteiger partial charge in [0.1, 0.15) is 11.6 Å². The molecule has 0 aliphatic heterocycles. The fourth-order valence-electron chi connectivity index (χ4n) is 1.37. The Kier molecular flexibility index (Phi) is 6.42. The van der Waals surface area contributed by atoms with Crippen molar-refractivity contribution in [3.05, 3.63) is 28.5 Å². The van der Waals surface area contributed by atoms with E-state index in [0.29, 0.717) is 16.8 Å². The van der Waals surface area contributed by atoms with Crippen molar-refractivity contribution >= 4 is 15.9 Å². The van der Waals surface area contributed by atoms with E-state index in [4.69, 9.17) is 10.5 Å². The van der Waals surface area contributed by atoms with Crippen LogP contribution in [0.2, 0.25) is 0 Å². The van der Waals surface area contributed by atoms with Crippen LogP contribution in [0, 0.1) is 5.82 Å². The number of nitrogens with two attached hydrogens (primary N) is 1. The Bertz CT molecular complexity index is 320. The number of halogens is 2. The highest BCUT2D eigenvalue weighted by Crippen LogP contribution is 2.25. The summed E-state index contributed by atoms with van der Waals surface area (Å²) >= 11 is 3.26. The van der Waals surface area contributed by atoms with Crippen LogP contribution in [-0.2, 0) is 0 Å². The molecule has 0 aliphatic rings. The normalized spacial score (nSPS) is 10.4. The minimum Gasteiger partial charge on any atom is -0.492 e. The number of hydrogen-bond donors (Lipinski definition) is 1. The van der Waals surface area contributed by atoms with Crippen molar-refractivity contribution in [1.29, 1.82) is 0 Å². The third-order valence-electron chi connectivity index (χ3n) is 2.25. The second kappa shape index (κ2) is 7.63. The van der Waals surface area contributed by atoms with Crippen LogP contribution in [0.25, 0.3) is 0 Å². The molecule has 0 aromatic heterocycles. The highest BCUT2D eigenvalue weighted by molar-refractivity contribution is 9.10.